The van der Waals surface area contributed by atoms with Gasteiger partial charge in [0.25, 0.3) is 5.91 Å². The van der Waals surface area contributed by atoms with Crippen LogP contribution in [0.5, 0.6) is 0 Å². The van der Waals surface area contributed by atoms with Crippen LogP contribution in [-0.2, 0) is 4.79 Å². The first-order valence-corrected chi connectivity index (χ1v) is 12.5. The fourth-order valence-electron chi connectivity index (χ4n) is 6.67. The van der Waals surface area contributed by atoms with Crippen LogP contribution in [-0.4, -0.2) is 41.4 Å². The van der Waals surface area contributed by atoms with Gasteiger partial charge < -0.3 is 10.6 Å². The molecule has 1 saturated heterocycles. The van der Waals surface area contributed by atoms with E-state index >= 15 is 0 Å². The molecule has 1 aliphatic heterocycles. The van der Waals surface area contributed by atoms with Crippen LogP contribution in [0.25, 0.3) is 0 Å². The second-order valence-corrected chi connectivity index (χ2v) is 10.5. The number of hydrogen-bond donors (Lipinski definition) is 3. The number of carbonyl (C=O) groups excluding carboxylic acids is 1. The van der Waals surface area contributed by atoms with Crippen molar-refractivity contribution in [3.8, 4) is 0 Å². The zero-order valence-corrected chi connectivity index (χ0v) is 18.5. The first-order chi connectivity index (χ1) is 14.1. The van der Waals surface area contributed by atoms with Gasteiger partial charge in [0.2, 0.25) is 0 Å². The van der Waals surface area contributed by atoms with Gasteiger partial charge >= 0.3 is 0 Å². The molecule has 1 heterocycles. The van der Waals surface area contributed by atoms with Crippen molar-refractivity contribution < 1.29 is 4.79 Å². The lowest BCUT2D eigenvalue weighted by atomic mass is 9.74. The Hall–Kier alpha value is -1.10. The Bertz CT molecular complexity index is 581. The van der Waals surface area contributed by atoms with E-state index in [1.54, 1.807) is 11.9 Å². The Morgan fingerprint density at radius 3 is 2.31 bits per heavy atom. The van der Waals surface area contributed by atoms with Crippen LogP contribution in [0.15, 0.2) is 0 Å². The molecule has 3 saturated carbocycles. The van der Waals surface area contributed by atoms with Crippen molar-refractivity contribution in [3.63, 3.8) is 0 Å². The third kappa shape index (κ3) is 4.98. The summed E-state index contributed by atoms with van der Waals surface area (Å²) in [5.41, 5.74) is -0.525. The zero-order valence-electron chi connectivity index (χ0n) is 18.5. The number of nitrogens with zero attached hydrogens (tertiary/aromatic N) is 1. The maximum Gasteiger partial charge on any atom is 0.254 e. The number of hydrogen-bond acceptors (Lipinski definition) is 3. The minimum Gasteiger partial charge on any atom is -0.342 e. The van der Waals surface area contributed by atoms with Crippen LogP contribution in [0.1, 0.15) is 103 Å². The molecule has 4 fully saturated rings. The molecule has 0 aromatic heterocycles. The molecule has 1 amide bonds. The lowest BCUT2D eigenvalue weighted by Gasteiger charge is -2.37. The van der Waals surface area contributed by atoms with Gasteiger partial charge in [-0.25, -0.2) is 0 Å². The summed E-state index contributed by atoms with van der Waals surface area (Å²) in [4.78, 5) is 14.8. The van der Waals surface area contributed by atoms with Crippen molar-refractivity contribution in [1.82, 2.24) is 15.5 Å². The van der Waals surface area contributed by atoms with Gasteiger partial charge in [0.1, 0.15) is 5.54 Å². The summed E-state index contributed by atoms with van der Waals surface area (Å²) in [6.45, 7) is 0. The molecule has 0 spiro atoms. The molecular weight excluding hydrogens is 360 g/mol. The molecule has 0 aromatic carbocycles. The Morgan fingerprint density at radius 2 is 1.62 bits per heavy atom. The summed E-state index contributed by atoms with van der Waals surface area (Å²) in [5, 5.41) is 15.6. The molecular formula is C24H42N4O. The van der Waals surface area contributed by atoms with Crippen molar-refractivity contribution >= 4 is 11.9 Å². The van der Waals surface area contributed by atoms with Crippen molar-refractivity contribution in [3.05, 3.63) is 0 Å². The third-order valence-corrected chi connectivity index (χ3v) is 8.36. The fraction of sp³-hybridized carbons (Fsp3) is 0.917. The van der Waals surface area contributed by atoms with Crippen LogP contribution in [0, 0.1) is 17.2 Å². The highest BCUT2D eigenvalue weighted by molar-refractivity contribution is 6.07. The number of amides is 1. The monoisotopic (exact) mass is 402 g/mol. The van der Waals surface area contributed by atoms with Crippen LogP contribution in [0.2, 0.25) is 0 Å². The number of nitrogens with one attached hydrogen (secondary N) is 3. The summed E-state index contributed by atoms with van der Waals surface area (Å²) in [6, 6.07) is 1.35. The molecule has 164 valence electrons. The third-order valence-electron chi connectivity index (χ3n) is 8.36. The fourth-order valence-corrected chi connectivity index (χ4v) is 6.67. The van der Waals surface area contributed by atoms with Crippen LogP contribution >= 0.6 is 0 Å². The van der Waals surface area contributed by atoms with E-state index in [1.165, 1.54) is 83.5 Å². The quantitative estimate of drug-likeness (QED) is 0.584. The van der Waals surface area contributed by atoms with Crippen molar-refractivity contribution in [2.45, 2.75) is 120 Å². The molecule has 0 radical (unpaired) electrons. The topological polar surface area (TPSA) is 68.2 Å². The highest BCUT2D eigenvalue weighted by atomic mass is 16.2. The molecule has 0 unspecified atom stereocenters. The average Bonchev–Trinajstić information content (AvgIpc) is 3.31. The van der Waals surface area contributed by atoms with E-state index in [1.807, 2.05) is 0 Å². The largest absolute Gasteiger partial charge is 0.342 e. The second kappa shape index (κ2) is 9.36. The molecule has 4 aliphatic rings. The van der Waals surface area contributed by atoms with E-state index in [-0.39, 0.29) is 5.91 Å². The SMILES string of the molecule is CN1C(=N)N[C@](CCC2CCCCC2)(C[C@@H]2CCC[C@@H](NC3CCCC3)C2)C1=O. The molecule has 5 heteroatoms. The van der Waals surface area contributed by atoms with E-state index in [0.717, 1.165) is 31.2 Å². The zero-order chi connectivity index (χ0) is 20.3. The molecule has 29 heavy (non-hydrogen) atoms. The van der Waals surface area contributed by atoms with Gasteiger partial charge in [-0.3, -0.25) is 15.1 Å². The van der Waals surface area contributed by atoms with Crippen LogP contribution in [0.3, 0.4) is 0 Å². The summed E-state index contributed by atoms with van der Waals surface area (Å²) in [6.07, 6.45) is 20.1. The highest BCUT2D eigenvalue weighted by Gasteiger charge is 2.49. The van der Waals surface area contributed by atoms with Gasteiger partial charge in [0, 0.05) is 19.1 Å². The Balaban J connectivity index is 1.39. The normalized spacial score (nSPS) is 34.7. The number of likely N-dealkylation sites (N-methyl/N-ethyl adjacent to an activating group) is 1. The van der Waals surface area contributed by atoms with Gasteiger partial charge in [-0.2, -0.15) is 0 Å². The Morgan fingerprint density at radius 1 is 0.966 bits per heavy atom. The minimum atomic E-state index is -0.525. The maximum absolute atomic E-state index is 13.3. The Labute approximate surface area is 177 Å². The molecule has 0 bridgehead atoms. The molecule has 0 aromatic rings. The first kappa shape index (κ1) is 21.1. The summed E-state index contributed by atoms with van der Waals surface area (Å²) in [7, 11) is 1.77. The molecule has 5 nitrogen and oxygen atoms in total. The summed E-state index contributed by atoms with van der Waals surface area (Å²) >= 11 is 0. The van der Waals surface area contributed by atoms with Gasteiger partial charge in [0.15, 0.2) is 5.96 Å². The van der Waals surface area contributed by atoms with E-state index in [4.69, 9.17) is 5.41 Å². The van der Waals surface area contributed by atoms with E-state index < -0.39 is 5.54 Å². The lowest BCUT2D eigenvalue weighted by molar-refractivity contribution is -0.131. The van der Waals surface area contributed by atoms with Gasteiger partial charge in [-0.05, 0) is 56.8 Å². The predicted molar refractivity (Wildman–Crippen MR) is 118 cm³/mol. The number of rotatable bonds is 7. The Kier molecular flexibility index (Phi) is 6.83. The highest BCUT2D eigenvalue weighted by Crippen LogP contribution is 2.38. The van der Waals surface area contributed by atoms with E-state index in [2.05, 4.69) is 10.6 Å². The van der Waals surface area contributed by atoms with Gasteiger partial charge in [0.05, 0.1) is 0 Å². The smallest absolute Gasteiger partial charge is 0.254 e. The summed E-state index contributed by atoms with van der Waals surface area (Å²) in [5.74, 6) is 1.81. The lowest BCUT2D eigenvalue weighted by Crippen LogP contribution is -2.50. The second-order valence-electron chi connectivity index (χ2n) is 10.5. The molecule has 4 rings (SSSR count). The first-order valence-electron chi connectivity index (χ1n) is 12.5. The predicted octanol–water partition coefficient (Wildman–Crippen LogP) is 4.56. The van der Waals surface area contributed by atoms with Gasteiger partial charge in [-0.15, -0.1) is 0 Å². The van der Waals surface area contributed by atoms with Crippen molar-refractivity contribution in [2.24, 2.45) is 11.8 Å². The minimum absolute atomic E-state index is 0.143. The van der Waals surface area contributed by atoms with E-state index in [0.29, 0.717) is 17.9 Å². The number of guanidine groups is 1. The van der Waals surface area contributed by atoms with Crippen molar-refractivity contribution in [2.75, 3.05) is 7.05 Å². The molecule has 3 N–H and O–H groups in total. The number of carbonyl (C=O) groups is 1. The maximum atomic E-state index is 13.3. The average molecular weight is 403 g/mol. The van der Waals surface area contributed by atoms with Crippen molar-refractivity contribution in [1.29, 1.82) is 5.41 Å². The van der Waals surface area contributed by atoms with Crippen LogP contribution in [0.4, 0.5) is 0 Å². The van der Waals surface area contributed by atoms with Crippen LogP contribution < -0.4 is 10.6 Å². The molecule has 3 atom stereocenters. The van der Waals surface area contributed by atoms with E-state index in [9.17, 15) is 4.79 Å². The molecule has 3 aliphatic carbocycles. The van der Waals surface area contributed by atoms with Gasteiger partial charge in [-0.1, -0.05) is 57.8 Å². The standard InChI is InChI=1S/C24H42N4O/c1-28-22(29)24(27-23(28)25,15-14-18-8-3-2-4-9-18)17-19-10-7-13-21(16-19)26-20-11-5-6-12-20/h18-21,26H,2-17H2,1H3,(H2,25,27)/t19-,21-,24-/m1/s1. The summed E-state index contributed by atoms with van der Waals surface area (Å²) < 4.78 is 0.